The highest BCUT2D eigenvalue weighted by molar-refractivity contribution is 8.26. The zero-order chi connectivity index (χ0) is 21.5. The smallest absolute Gasteiger partial charge is 0.266 e. The Kier molecular flexibility index (Phi) is 7.33. The van der Waals surface area contributed by atoms with Crippen LogP contribution in [0.4, 0.5) is 10.1 Å². The molecule has 0 radical (unpaired) electrons. The molecule has 1 fully saturated rings. The zero-order valence-electron chi connectivity index (χ0n) is 16.0. The molecule has 0 spiro atoms. The van der Waals surface area contributed by atoms with Crippen LogP contribution in [0, 0.1) is 17.1 Å². The van der Waals surface area contributed by atoms with E-state index in [0.717, 1.165) is 11.8 Å². The Balaban J connectivity index is 1.69. The fourth-order valence-electron chi connectivity index (χ4n) is 2.94. The molecule has 2 amide bonds. The van der Waals surface area contributed by atoms with E-state index in [1.54, 1.807) is 30.3 Å². The molecule has 0 aliphatic carbocycles. The van der Waals surface area contributed by atoms with Crippen molar-refractivity contribution in [1.29, 1.82) is 5.26 Å². The molecule has 0 N–H and O–H groups in total. The molecule has 0 atom stereocenters. The maximum absolute atomic E-state index is 13.9. The zero-order valence-corrected chi connectivity index (χ0v) is 17.6. The molecule has 2 aromatic carbocycles. The molecular weight excluding hydrogens is 421 g/mol. The first-order valence-corrected chi connectivity index (χ1v) is 10.5. The number of nitrogens with zero attached hydrogens (tertiary/aromatic N) is 3. The van der Waals surface area contributed by atoms with E-state index in [9.17, 15) is 14.0 Å². The second-order valence-electron chi connectivity index (χ2n) is 6.39. The van der Waals surface area contributed by atoms with Gasteiger partial charge in [0, 0.05) is 30.8 Å². The third kappa shape index (κ3) is 5.12. The highest BCUT2D eigenvalue weighted by Gasteiger charge is 2.32. The number of rotatable bonds is 7. The van der Waals surface area contributed by atoms with E-state index in [-0.39, 0.29) is 37.7 Å². The summed E-state index contributed by atoms with van der Waals surface area (Å²) >= 11 is 6.38. The Bertz CT molecular complexity index is 1030. The first-order chi connectivity index (χ1) is 14.5. The van der Waals surface area contributed by atoms with Crippen LogP contribution in [0.5, 0.6) is 0 Å². The number of hydrogen-bond acceptors (Lipinski definition) is 5. The van der Waals surface area contributed by atoms with Gasteiger partial charge in [-0.05, 0) is 24.3 Å². The number of halogens is 1. The summed E-state index contributed by atoms with van der Waals surface area (Å²) in [5.74, 6) is -0.970. The number of carbonyl (C=O) groups is 2. The lowest BCUT2D eigenvalue weighted by Gasteiger charge is -2.23. The van der Waals surface area contributed by atoms with E-state index in [2.05, 4.69) is 0 Å². The van der Waals surface area contributed by atoms with Gasteiger partial charge in [0.25, 0.3) is 5.91 Å². The minimum absolute atomic E-state index is 0.0553. The van der Waals surface area contributed by atoms with Crippen molar-refractivity contribution in [3.8, 4) is 6.07 Å². The summed E-state index contributed by atoms with van der Waals surface area (Å²) < 4.78 is 14.2. The minimum Gasteiger partial charge on any atom is -0.311 e. The quantitative estimate of drug-likeness (QED) is 0.474. The normalized spacial score (nSPS) is 14.8. The Morgan fingerprint density at radius 1 is 1.20 bits per heavy atom. The van der Waals surface area contributed by atoms with E-state index >= 15 is 0 Å². The Hall–Kier alpha value is -3.02. The number of anilines is 1. The highest BCUT2D eigenvalue weighted by atomic mass is 32.2. The van der Waals surface area contributed by atoms with Crippen LogP contribution in [0.25, 0.3) is 6.08 Å². The third-order valence-corrected chi connectivity index (χ3v) is 5.81. The number of thioether (sulfide) groups is 1. The van der Waals surface area contributed by atoms with E-state index in [0.29, 0.717) is 20.5 Å². The molecule has 1 heterocycles. The standard InChI is InChI=1S/C22H18FN3O2S2/c23-18-10-5-4-7-16(18)15-19-21(28)26(22(29)30-19)14-11-20(27)25(13-6-12-24)17-8-2-1-3-9-17/h1-5,7-10,15H,6,11,13-14H2/b19-15+. The van der Waals surface area contributed by atoms with Gasteiger partial charge in [0.15, 0.2) is 0 Å². The first-order valence-electron chi connectivity index (χ1n) is 9.23. The largest absolute Gasteiger partial charge is 0.311 e. The van der Waals surface area contributed by atoms with Gasteiger partial charge in [0.1, 0.15) is 10.1 Å². The van der Waals surface area contributed by atoms with E-state index in [1.165, 1.54) is 21.9 Å². The van der Waals surface area contributed by atoms with Crippen molar-refractivity contribution in [3.05, 3.63) is 70.9 Å². The molecule has 152 valence electrons. The third-order valence-electron chi connectivity index (χ3n) is 4.43. The molecule has 2 aromatic rings. The van der Waals surface area contributed by atoms with Crippen molar-refractivity contribution in [2.24, 2.45) is 0 Å². The average Bonchev–Trinajstić information content (AvgIpc) is 3.01. The van der Waals surface area contributed by atoms with Gasteiger partial charge < -0.3 is 4.90 Å². The molecular formula is C22H18FN3O2S2. The summed E-state index contributed by atoms with van der Waals surface area (Å²) in [6, 6.07) is 17.3. The van der Waals surface area contributed by atoms with Crippen LogP contribution >= 0.6 is 24.0 Å². The predicted molar refractivity (Wildman–Crippen MR) is 120 cm³/mol. The van der Waals surface area contributed by atoms with Crippen LogP contribution in [0.3, 0.4) is 0 Å². The lowest BCUT2D eigenvalue weighted by Crippen LogP contribution is -2.36. The van der Waals surface area contributed by atoms with E-state index < -0.39 is 5.82 Å². The fourth-order valence-corrected chi connectivity index (χ4v) is 4.24. The van der Waals surface area contributed by atoms with Crippen molar-refractivity contribution in [2.45, 2.75) is 12.8 Å². The minimum atomic E-state index is -0.422. The van der Waals surface area contributed by atoms with Crippen LogP contribution < -0.4 is 4.90 Å². The van der Waals surface area contributed by atoms with E-state index in [1.807, 2.05) is 24.3 Å². The van der Waals surface area contributed by atoms with Crippen LogP contribution in [-0.4, -0.2) is 34.1 Å². The SMILES string of the molecule is N#CCCN(C(=O)CCN1C(=O)/C(=C\c2ccccc2F)SC1=S)c1ccccc1. The molecule has 30 heavy (non-hydrogen) atoms. The summed E-state index contributed by atoms with van der Waals surface area (Å²) in [6.45, 7) is 0.388. The monoisotopic (exact) mass is 439 g/mol. The number of para-hydroxylation sites is 1. The Labute approximate surface area is 183 Å². The summed E-state index contributed by atoms with van der Waals surface area (Å²) in [5.41, 5.74) is 1.00. The van der Waals surface area contributed by atoms with Crippen molar-refractivity contribution in [1.82, 2.24) is 4.90 Å². The Morgan fingerprint density at radius 3 is 2.60 bits per heavy atom. The van der Waals surface area contributed by atoms with Crippen molar-refractivity contribution in [3.63, 3.8) is 0 Å². The molecule has 1 aliphatic heterocycles. The topological polar surface area (TPSA) is 64.4 Å². The second kappa shape index (κ2) is 10.1. The summed E-state index contributed by atoms with van der Waals surface area (Å²) in [6.07, 6.45) is 1.73. The van der Waals surface area contributed by atoms with Crippen LogP contribution in [0.15, 0.2) is 59.5 Å². The highest BCUT2D eigenvalue weighted by Crippen LogP contribution is 2.33. The molecule has 5 nitrogen and oxygen atoms in total. The molecule has 0 bridgehead atoms. The van der Waals surface area contributed by atoms with Gasteiger partial charge >= 0.3 is 0 Å². The van der Waals surface area contributed by atoms with Gasteiger partial charge in [-0.15, -0.1) is 0 Å². The fraction of sp³-hybridized carbons (Fsp3) is 0.182. The van der Waals surface area contributed by atoms with Crippen molar-refractivity contribution < 1.29 is 14.0 Å². The van der Waals surface area contributed by atoms with Gasteiger partial charge in [-0.25, -0.2) is 4.39 Å². The van der Waals surface area contributed by atoms with Gasteiger partial charge in [-0.2, -0.15) is 5.26 Å². The lowest BCUT2D eigenvalue weighted by atomic mass is 10.2. The summed E-state index contributed by atoms with van der Waals surface area (Å²) in [7, 11) is 0. The van der Waals surface area contributed by atoms with Crippen LogP contribution in [0.2, 0.25) is 0 Å². The molecule has 0 unspecified atom stereocenters. The van der Waals surface area contributed by atoms with Gasteiger partial charge in [-0.1, -0.05) is 60.4 Å². The average molecular weight is 440 g/mol. The first kappa shape index (κ1) is 21.7. The molecule has 1 aliphatic rings. The van der Waals surface area contributed by atoms with Gasteiger partial charge in [-0.3, -0.25) is 14.5 Å². The number of hydrogen-bond donors (Lipinski definition) is 0. The predicted octanol–water partition coefficient (Wildman–Crippen LogP) is 4.36. The maximum Gasteiger partial charge on any atom is 0.266 e. The Morgan fingerprint density at radius 2 is 1.90 bits per heavy atom. The lowest BCUT2D eigenvalue weighted by molar-refractivity contribution is -0.123. The molecule has 8 heteroatoms. The van der Waals surface area contributed by atoms with Gasteiger partial charge in [0.2, 0.25) is 5.91 Å². The maximum atomic E-state index is 13.9. The molecule has 3 rings (SSSR count). The van der Waals surface area contributed by atoms with Gasteiger partial charge in [0.05, 0.1) is 17.4 Å². The molecule has 0 aromatic heterocycles. The van der Waals surface area contributed by atoms with Crippen molar-refractivity contribution >= 4 is 51.9 Å². The van der Waals surface area contributed by atoms with Crippen molar-refractivity contribution in [2.75, 3.05) is 18.0 Å². The summed E-state index contributed by atoms with van der Waals surface area (Å²) in [4.78, 5) is 28.7. The van der Waals surface area contributed by atoms with E-state index in [4.69, 9.17) is 17.5 Å². The number of carbonyl (C=O) groups excluding carboxylic acids is 2. The number of amides is 2. The van der Waals surface area contributed by atoms with Crippen LogP contribution in [-0.2, 0) is 9.59 Å². The van der Waals surface area contributed by atoms with Crippen LogP contribution in [0.1, 0.15) is 18.4 Å². The summed E-state index contributed by atoms with van der Waals surface area (Å²) in [5, 5.41) is 8.89. The molecule has 1 saturated heterocycles. The number of benzene rings is 2. The number of nitriles is 1. The number of thiocarbonyl (C=S) groups is 1. The second-order valence-corrected chi connectivity index (χ2v) is 8.07. The molecule has 0 saturated carbocycles.